The molecule has 6 nitrogen and oxygen atoms in total. The van der Waals surface area contributed by atoms with Gasteiger partial charge in [0.25, 0.3) is 15.9 Å². The second-order valence-electron chi connectivity index (χ2n) is 6.62. The number of hydrogen-bond acceptors (Lipinski definition) is 4. The van der Waals surface area contributed by atoms with Crippen molar-refractivity contribution in [3.63, 3.8) is 0 Å². The second kappa shape index (κ2) is 10.1. The van der Waals surface area contributed by atoms with Crippen LogP contribution in [0.2, 0.25) is 5.02 Å². The molecular weight excluding hydrogens is 502 g/mol. The topological polar surface area (TPSA) is 78.8 Å². The Morgan fingerprint density at radius 2 is 1.71 bits per heavy atom. The molecule has 3 aromatic rings. The number of amides is 1. The summed E-state index contributed by atoms with van der Waals surface area (Å²) >= 11 is 9.39. The summed E-state index contributed by atoms with van der Waals surface area (Å²) in [6, 6.07) is 20.1. The zero-order chi connectivity index (χ0) is 22.4. The van der Waals surface area contributed by atoms with Gasteiger partial charge in [0.05, 0.1) is 16.8 Å². The lowest BCUT2D eigenvalue weighted by molar-refractivity contribution is -0.119. The molecule has 0 bridgehead atoms. The van der Waals surface area contributed by atoms with E-state index in [0.717, 1.165) is 14.3 Å². The van der Waals surface area contributed by atoms with Crippen molar-refractivity contribution in [3.05, 3.63) is 93.4 Å². The molecule has 3 aromatic carbocycles. The molecule has 9 heteroatoms. The number of rotatable bonds is 7. The molecule has 160 valence electrons. The number of hydrazone groups is 1. The summed E-state index contributed by atoms with van der Waals surface area (Å²) in [6.45, 7) is 1.42. The highest BCUT2D eigenvalue weighted by Gasteiger charge is 2.27. The normalized spacial score (nSPS) is 11.5. The highest BCUT2D eigenvalue weighted by Crippen LogP contribution is 2.25. The van der Waals surface area contributed by atoms with E-state index in [9.17, 15) is 13.2 Å². The molecule has 0 saturated carbocycles. The van der Waals surface area contributed by atoms with Gasteiger partial charge in [0.2, 0.25) is 0 Å². The van der Waals surface area contributed by atoms with Crippen LogP contribution in [0.3, 0.4) is 0 Å². The van der Waals surface area contributed by atoms with E-state index in [-0.39, 0.29) is 4.90 Å². The third kappa shape index (κ3) is 5.94. The minimum atomic E-state index is -3.98. The van der Waals surface area contributed by atoms with Crippen LogP contribution in [0.1, 0.15) is 11.1 Å². The predicted molar refractivity (Wildman–Crippen MR) is 127 cm³/mol. The van der Waals surface area contributed by atoms with E-state index in [0.29, 0.717) is 16.3 Å². The van der Waals surface area contributed by atoms with Gasteiger partial charge in [0.15, 0.2) is 0 Å². The molecule has 3 rings (SSSR count). The molecule has 0 aliphatic carbocycles. The van der Waals surface area contributed by atoms with Gasteiger partial charge < -0.3 is 0 Å². The van der Waals surface area contributed by atoms with Gasteiger partial charge >= 0.3 is 0 Å². The van der Waals surface area contributed by atoms with Crippen molar-refractivity contribution in [3.8, 4) is 0 Å². The van der Waals surface area contributed by atoms with E-state index in [1.807, 2.05) is 6.92 Å². The van der Waals surface area contributed by atoms with Crippen LogP contribution >= 0.6 is 27.5 Å². The Morgan fingerprint density at radius 1 is 1.06 bits per heavy atom. The molecule has 0 aromatic heterocycles. The van der Waals surface area contributed by atoms with E-state index in [2.05, 4.69) is 26.5 Å². The highest BCUT2D eigenvalue weighted by atomic mass is 79.9. The minimum absolute atomic E-state index is 0.0911. The van der Waals surface area contributed by atoms with Crippen molar-refractivity contribution in [2.45, 2.75) is 11.8 Å². The van der Waals surface area contributed by atoms with E-state index in [1.54, 1.807) is 60.7 Å². The van der Waals surface area contributed by atoms with Crippen LogP contribution in [0.4, 0.5) is 5.69 Å². The fourth-order valence-corrected chi connectivity index (χ4v) is 4.55. The summed E-state index contributed by atoms with van der Waals surface area (Å²) in [4.78, 5) is 12.6. The quantitative estimate of drug-likeness (QED) is 0.360. The molecule has 31 heavy (non-hydrogen) atoms. The first-order valence-corrected chi connectivity index (χ1v) is 11.8. The monoisotopic (exact) mass is 519 g/mol. The zero-order valence-electron chi connectivity index (χ0n) is 16.5. The number of hydrogen-bond donors (Lipinski definition) is 1. The molecule has 1 amide bonds. The first kappa shape index (κ1) is 23.0. The lowest BCUT2D eigenvalue weighted by Gasteiger charge is -2.23. The number of sulfonamides is 1. The summed E-state index contributed by atoms with van der Waals surface area (Å²) < 4.78 is 28.4. The average Bonchev–Trinajstić information content (AvgIpc) is 2.74. The van der Waals surface area contributed by atoms with Crippen molar-refractivity contribution in [2.24, 2.45) is 5.10 Å². The van der Waals surface area contributed by atoms with Crippen LogP contribution in [0.5, 0.6) is 0 Å². The first-order chi connectivity index (χ1) is 14.8. The second-order valence-corrected chi connectivity index (χ2v) is 9.80. The Balaban J connectivity index is 1.84. The summed E-state index contributed by atoms with van der Waals surface area (Å²) in [7, 11) is -3.98. The van der Waals surface area contributed by atoms with Gasteiger partial charge in [0.1, 0.15) is 6.54 Å². The molecule has 1 N–H and O–H groups in total. The maximum Gasteiger partial charge on any atom is 0.264 e. The number of halogens is 2. The van der Waals surface area contributed by atoms with Gasteiger partial charge in [-0.1, -0.05) is 63.4 Å². The molecule has 0 saturated heterocycles. The molecule has 0 heterocycles. The number of anilines is 1. The smallest absolute Gasteiger partial charge is 0.264 e. The van der Waals surface area contributed by atoms with E-state index in [1.165, 1.54) is 18.3 Å². The summed E-state index contributed by atoms with van der Waals surface area (Å²) in [5, 5.41) is 4.38. The Kier molecular flexibility index (Phi) is 7.48. The van der Waals surface area contributed by atoms with Crippen LogP contribution in [0.15, 0.2) is 87.3 Å². The number of aryl methyl sites for hydroxylation is 1. The Bertz CT molecular complexity index is 1200. The number of nitrogens with zero attached hydrogens (tertiary/aromatic N) is 2. The summed E-state index contributed by atoms with van der Waals surface area (Å²) in [6.07, 6.45) is 1.40. The van der Waals surface area contributed by atoms with Crippen LogP contribution in [-0.4, -0.2) is 27.1 Å². The Morgan fingerprint density at radius 3 is 2.35 bits per heavy atom. The number of carbonyl (C=O) groups is 1. The SMILES string of the molecule is Cc1ccc(S(=O)(=O)N(CC(=O)N/N=C\c2ccccc2Cl)c2ccc(Br)cc2)cc1. The first-order valence-electron chi connectivity index (χ1n) is 9.19. The van der Waals surface area contributed by atoms with Crippen LogP contribution < -0.4 is 9.73 Å². The third-order valence-corrected chi connectivity index (χ3v) is 6.97. The van der Waals surface area contributed by atoms with Gasteiger partial charge in [-0.05, 0) is 49.4 Å². The van der Waals surface area contributed by atoms with Gasteiger partial charge in [0, 0.05) is 15.1 Å². The van der Waals surface area contributed by atoms with Crippen molar-refractivity contribution >= 4 is 55.4 Å². The number of benzene rings is 3. The lowest BCUT2D eigenvalue weighted by atomic mass is 10.2. The maximum atomic E-state index is 13.3. The van der Waals surface area contributed by atoms with Crippen LogP contribution in [0, 0.1) is 6.92 Å². The number of carbonyl (C=O) groups excluding carboxylic acids is 1. The van der Waals surface area contributed by atoms with Gasteiger partial charge in [-0.25, -0.2) is 13.8 Å². The van der Waals surface area contributed by atoms with Crippen molar-refractivity contribution in [2.75, 3.05) is 10.8 Å². The Labute approximate surface area is 194 Å². The van der Waals surface area contributed by atoms with E-state index >= 15 is 0 Å². The van der Waals surface area contributed by atoms with Crippen molar-refractivity contribution in [1.29, 1.82) is 0 Å². The molecule has 0 unspecified atom stereocenters. The molecular formula is C22H19BrClN3O3S. The molecule has 0 aliphatic heterocycles. The molecule has 0 fully saturated rings. The maximum absolute atomic E-state index is 13.3. The Hall–Kier alpha value is -2.68. The standard InChI is InChI=1S/C22H19BrClN3O3S/c1-16-6-12-20(13-7-16)31(29,30)27(19-10-8-18(23)9-11-19)15-22(28)26-25-14-17-4-2-3-5-21(17)24/h2-14H,15H2,1H3,(H,26,28)/b25-14-. The van der Waals surface area contributed by atoms with Crippen LogP contribution in [-0.2, 0) is 14.8 Å². The fraction of sp³-hybridized carbons (Fsp3) is 0.0909. The van der Waals surface area contributed by atoms with Gasteiger partial charge in [-0.15, -0.1) is 0 Å². The fourth-order valence-electron chi connectivity index (χ4n) is 2.68. The summed E-state index contributed by atoms with van der Waals surface area (Å²) in [5.74, 6) is -0.595. The van der Waals surface area contributed by atoms with E-state index < -0.39 is 22.5 Å². The molecule has 0 radical (unpaired) electrons. The van der Waals surface area contributed by atoms with E-state index in [4.69, 9.17) is 11.6 Å². The zero-order valence-corrected chi connectivity index (χ0v) is 19.7. The average molecular weight is 521 g/mol. The lowest BCUT2D eigenvalue weighted by Crippen LogP contribution is -2.39. The predicted octanol–water partition coefficient (Wildman–Crippen LogP) is 4.76. The largest absolute Gasteiger partial charge is 0.271 e. The highest BCUT2D eigenvalue weighted by molar-refractivity contribution is 9.10. The van der Waals surface area contributed by atoms with Crippen molar-refractivity contribution in [1.82, 2.24) is 5.43 Å². The molecule has 0 aliphatic rings. The minimum Gasteiger partial charge on any atom is -0.271 e. The summed E-state index contributed by atoms with van der Waals surface area (Å²) in [5.41, 5.74) is 4.27. The molecule has 0 spiro atoms. The van der Waals surface area contributed by atoms with Gasteiger partial charge in [-0.2, -0.15) is 5.10 Å². The third-order valence-electron chi connectivity index (χ3n) is 4.31. The van der Waals surface area contributed by atoms with Gasteiger partial charge in [-0.3, -0.25) is 9.10 Å². The number of nitrogens with one attached hydrogen (secondary N) is 1. The molecule has 0 atom stereocenters. The van der Waals surface area contributed by atoms with Crippen LogP contribution in [0.25, 0.3) is 0 Å². The van der Waals surface area contributed by atoms with Crippen molar-refractivity contribution < 1.29 is 13.2 Å².